The molecular weight excluding hydrogens is 504 g/mol. The lowest BCUT2D eigenvalue weighted by Crippen LogP contribution is -2.15. The molecule has 5 aromatic carbocycles. The van der Waals surface area contributed by atoms with E-state index in [1.54, 1.807) is 12.4 Å². The van der Waals surface area contributed by atoms with Crippen LogP contribution in [0.15, 0.2) is 131 Å². The topological polar surface area (TPSA) is 52.1 Å². The van der Waals surface area contributed by atoms with Gasteiger partial charge < -0.3 is 8.83 Å². The van der Waals surface area contributed by atoms with Crippen LogP contribution < -0.4 is 0 Å². The molecule has 1 aliphatic carbocycles. The largest absolute Gasteiger partial charge is 0.444 e. The molecule has 0 bridgehead atoms. The van der Waals surface area contributed by atoms with Gasteiger partial charge >= 0.3 is 0 Å². The van der Waals surface area contributed by atoms with E-state index in [9.17, 15) is 0 Å². The van der Waals surface area contributed by atoms with Gasteiger partial charge in [0.1, 0.15) is 0 Å². The molecule has 4 nitrogen and oxygen atoms in total. The van der Waals surface area contributed by atoms with Gasteiger partial charge in [0.15, 0.2) is 24.3 Å². The third-order valence-electron chi connectivity index (χ3n) is 8.48. The van der Waals surface area contributed by atoms with Gasteiger partial charge in [0, 0.05) is 16.5 Å². The first-order chi connectivity index (χ1) is 20.1. The summed E-state index contributed by atoms with van der Waals surface area (Å²) in [4.78, 5) is 8.20. The molecule has 196 valence electrons. The number of benzene rings is 5. The van der Waals surface area contributed by atoms with Gasteiger partial charge in [0.2, 0.25) is 0 Å². The molecule has 0 saturated carbocycles. The van der Waals surface area contributed by atoms with E-state index >= 15 is 0 Å². The number of nitrogens with zero attached hydrogens (tertiary/aromatic N) is 2. The molecule has 0 amide bonds. The van der Waals surface area contributed by atoms with Crippen LogP contribution >= 0.6 is 0 Å². The van der Waals surface area contributed by atoms with Gasteiger partial charge in [-0.2, -0.15) is 0 Å². The van der Waals surface area contributed by atoms with Crippen molar-refractivity contribution in [2.45, 2.75) is 19.3 Å². The van der Waals surface area contributed by atoms with Crippen LogP contribution in [0.25, 0.3) is 66.8 Å². The summed E-state index contributed by atoms with van der Waals surface area (Å²) in [5.74, 6) is 1.54. The summed E-state index contributed by atoms with van der Waals surface area (Å²) in [5.41, 5.74) is 11.9. The Bertz CT molecular complexity index is 2070. The van der Waals surface area contributed by atoms with Gasteiger partial charge in [-0.1, -0.05) is 86.6 Å². The number of rotatable bonds is 4. The van der Waals surface area contributed by atoms with Crippen molar-refractivity contribution in [1.29, 1.82) is 0 Å². The fraction of sp³-hybridized carbons (Fsp3) is 0.0811. The van der Waals surface area contributed by atoms with Crippen LogP contribution in [0.5, 0.6) is 0 Å². The summed E-state index contributed by atoms with van der Waals surface area (Å²) in [6.07, 6.45) is 6.47. The summed E-state index contributed by atoms with van der Waals surface area (Å²) < 4.78 is 11.2. The third-order valence-corrected chi connectivity index (χ3v) is 8.48. The lowest BCUT2D eigenvalue weighted by molar-refractivity contribution is 0.571. The molecule has 7 aromatic rings. The lowest BCUT2D eigenvalue weighted by Gasteiger charge is -2.23. The molecule has 0 radical (unpaired) electrons. The Hall–Kier alpha value is -5.22. The summed E-state index contributed by atoms with van der Waals surface area (Å²) >= 11 is 0. The van der Waals surface area contributed by atoms with E-state index in [2.05, 4.69) is 121 Å². The minimum atomic E-state index is -0.176. The van der Waals surface area contributed by atoms with E-state index in [1.165, 1.54) is 56.9 Å². The van der Waals surface area contributed by atoms with Crippen LogP contribution in [-0.2, 0) is 5.41 Å². The van der Waals surface area contributed by atoms with Crippen molar-refractivity contribution in [3.05, 3.63) is 133 Å². The minimum absolute atomic E-state index is 0.176. The highest BCUT2D eigenvalue weighted by Gasteiger charge is 2.37. The Balaban J connectivity index is 1.30. The molecular formula is C37H26N2O2. The van der Waals surface area contributed by atoms with Gasteiger partial charge in [0.05, 0.1) is 12.4 Å². The monoisotopic (exact) mass is 530 g/mol. The van der Waals surface area contributed by atoms with Gasteiger partial charge in [-0.3, -0.25) is 0 Å². The molecule has 0 unspecified atom stereocenters. The Morgan fingerprint density at radius 2 is 1.12 bits per heavy atom. The molecule has 0 atom stereocenters. The van der Waals surface area contributed by atoms with Crippen LogP contribution in [0.4, 0.5) is 0 Å². The number of hydrogen-bond donors (Lipinski definition) is 0. The summed E-state index contributed by atoms with van der Waals surface area (Å²) in [5, 5.41) is 2.52. The molecule has 2 heterocycles. The van der Waals surface area contributed by atoms with Crippen LogP contribution in [-0.4, -0.2) is 9.97 Å². The van der Waals surface area contributed by atoms with Crippen molar-refractivity contribution in [3.8, 4) is 56.0 Å². The molecule has 8 rings (SSSR count). The van der Waals surface area contributed by atoms with E-state index in [1.807, 2.05) is 0 Å². The summed E-state index contributed by atoms with van der Waals surface area (Å²) in [6.45, 7) is 4.69. The predicted octanol–water partition coefficient (Wildman–Crippen LogP) is 9.79. The molecule has 0 aliphatic heterocycles. The molecule has 4 heteroatoms. The van der Waals surface area contributed by atoms with Crippen molar-refractivity contribution >= 4 is 10.8 Å². The smallest absolute Gasteiger partial charge is 0.181 e. The summed E-state index contributed by atoms with van der Waals surface area (Å²) in [7, 11) is 0. The zero-order valence-electron chi connectivity index (χ0n) is 22.8. The first-order valence-electron chi connectivity index (χ1n) is 13.8. The second kappa shape index (κ2) is 8.90. The molecule has 0 spiro atoms. The highest BCUT2D eigenvalue weighted by atomic mass is 16.3. The van der Waals surface area contributed by atoms with Crippen LogP contribution in [0.1, 0.15) is 25.0 Å². The average molecular weight is 531 g/mol. The zero-order chi connectivity index (χ0) is 27.6. The molecule has 2 aromatic heterocycles. The highest BCUT2D eigenvalue weighted by molar-refractivity contribution is 6.09. The SMILES string of the molecule is CC1(C)c2cc(-c3cccc(-c4cnco4)c3)ccc2-c2c1cc(-c1cccc(-c3cnco3)c1)c1ccccc21. The Labute approximate surface area is 238 Å². The molecule has 0 N–H and O–H groups in total. The van der Waals surface area contributed by atoms with Crippen LogP contribution in [0.3, 0.4) is 0 Å². The van der Waals surface area contributed by atoms with Crippen molar-refractivity contribution in [2.75, 3.05) is 0 Å². The number of fused-ring (bicyclic) bond motifs is 5. The first-order valence-corrected chi connectivity index (χ1v) is 13.8. The summed E-state index contributed by atoms with van der Waals surface area (Å²) in [6, 6.07) is 35.1. The minimum Gasteiger partial charge on any atom is -0.444 e. The maximum absolute atomic E-state index is 5.60. The van der Waals surface area contributed by atoms with E-state index in [4.69, 9.17) is 8.83 Å². The first kappa shape index (κ1) is 23.6. The van der Waals surface area contributed by atoms with Gasteiger partial charge in [-0.15, -0.1) is 0 Å². The van der Waals surface area contributed by atoms with Crippen molar-refractivity contribution in [1.82, 2.24) is 9.97 Å². The highest BCUT2D eigenvalue weighted by Crippen LogP contribution is 2.54. The molecule has 0 saturated heterocycles. The standard InChI is InChI=1S/C37H26N2O2/c1-37(2)32-17-24(23-7-5-9-26(15-23)34-19-38-21-40-34)13-14-30(32)36-29-12-4-3-11-28(29)31(18-33(36)37)25-8-6-10-27(16-25)35-20-39-22-41-35/h3-22H,1-2H3. The predicted molar refractivity (Wildman–Crippen MR) is 163 cm³/mol. The normalized spacial score (nSPS) is 13.3. The van der Waals surface area contributed by atoms with E-state index in [0.717, 1.165) is 33.8 Å². The van der Waals surface area contributed by atoms with Crippen molar-refractivity contribution < 1.29 is 8.83 Å². The number of hydrogen-bond acceptors (Lipinski definition) is 4. The third kappa shape index (κ3) is 3.68. The maximum Gasteiger partial charge on any atom is 0.181 e. The maximum atomic E-state index is 5.60. The quantitative estimate of drug-likeness (QED) is 0.227. The second-order valence-electron chi connectivity index (χ2n) is 11.2. The second-order valence-corrected chi connectivity index (χ2v) is 11.2. The van der Waals surface area contributed by atoms with Crippen molar-refractivity contribution in [2.24, 2.45) is 0 Å². The van der Waals surface area contributed by atoms with Gasteiger partial charge in [-0.05, 0) is 79.5 Å². The fourth-order valence-electron chi connectivity index (χ4n) is 6.41. The van der Waals surface area contributed by atoms with E-state index in [-0.39, 0.29) is 5.41 Å². The van der Waals surface area contributed by atoms with Gasteiger partial charge in [0.25, 0.3) is 0 Å². The van der Waals surface area contributed by atoms with Gasteiger partial charge in [-0.25, -0.2) is 9.97 Å². The van der Waals surface area contributed by atoms with Crippen LogP contribution in [0.2, 0.25) is 0 Å². The molecule has 1 aliphatic rings. The molecule has 41 heavy (non-hydrogen) atoms. The fourth-order valence-corrected chi connectivity index (χ4v) is 6.41. The Morgan fingerprint density at radius 1 is 0.512 bits per heavy atom. The van der Waals surface area contributed by atoms with Crippen LogP contribution in [0, 0.1) is 0 Å². The molecule has 0 fully saturated rings. The number of oxazole rings is 2. The van der Waals surface area contributed by atoms with Crippen molar-refractivity contribution in [3.63, 3.8) is 0 Å². The van der Waals surface area contributed by atoms with E-state index in [0.29, 0.717) is 0 Å². The Kier molecular flexibility index (Phi) is 5.13. The van der Waals surface area contributed by atoms with E-state index < -0.39 is 0 Å². The number of aromatic nitrogens is 2. The average Bonchev–Trinajstić information content (AvgIpc) is 3.79. The zero-order valence-corrected chi connectivity index (χ0v) is 22.8. The lowest BCUT2D eigenvalue weighted by atomic mass is 9.80. The Morgan fingerprint density at radius 3 is 1.80 bits per heavy atom.